The highest BCUT2D eigenvalue weighted by Crippen LogP contribution is 2.22. The molecule has 3 nitrogen and oxygen atoms in total. The number of benzene rings is 2. The first kappa shape index (κ1) is 16.7. The van der Waals surface area contributed by atoms with Crippen LogP contribution in [0.4, 0.5) is 5.69 Å². The lowest BCUT2D eigenvalue weighted by Gasteiger charge is -2.14. The highest BCUT2D eigenvalue weighted by molar-refractivity contribution is 7.10. The van der Waals surface area contributed by atoms with Crippen molar-refractivity contribution in [1.29, 1.82) is 0 Å². The summed E-state index contributed by atoms with van der Waals surface area (Å²) in [6, 6.07) is 21.6. The second kappa shape index (κ2) is 8.11. The van der Waals surface area contributed by atoms with Gasteiger partial charge < -0.3 is 10.6 Å². The first-order valence-electron chi connectivity index (χ1n) is 7.69. The Hall–Kier alpha value is -2.14. The molecular formula is C19H18ClN2OS+. The van der Waals surface area contributed by atoms with Gasteiger partial charge in [0.2, 0.25) is 0 Å². The van der Waals surface area contributed by atoms with Crippen molar-refractivity contribution in [1.82, 2.24) is 0 Å². The smallest absolute Gasteiger partial charge is 0.279 e. The summed E-state index contributed by atoms with van der Waals surface area (Å²) in [4.78, 5) is 13.5. The van der Waals surface area contributed by atoms with E-state index in [-0.39, 0.29) is 11.9 Å². The van der Waals surface area contributed by atoms with Gasteiger partial charge in [0.1, 0.15) is 6.04 Å². The predicted molar refractivity (Wildman–Crippen MR) is 99.5 cm³/mol. The third-order valence-corrected chi connectivity index (χ3v) is 4.88. The Balaban J connectivity index is 1.65. The SMILES string of the molecule is O=C(C[NH2+][C@@H](c1ccccc1)c1cccs1)Nc1ccc(Cl)cc1. The van der Waals surface area contributed by atoms with Crippen molar-refractivity contribution in [2.75, 3.05) is 11.9 Å². The molecule has 3 rings (SSSR count). The second-order valence-electron chi connectivity index (χ2n) is 5.40. The van der Waals surface area contributed by atoms with Crippen LogP contribution in [0, 0.1) is 0 Å². The molecule has 0 aliphatic rings. The van der Waals surface area contributed by atoms with Crippen LogP contribution in [0.3, 0.4) is 0 Å². The quantitative estimate of drug-likeness (QED) is 0.694. The number of nitrogens with two attached hydrogens (primary N) is 1. The highest BCUT2D eigenvalue weighted by atomic mass is 35.5. The molecule has 24 heavy (non-hydrogen) atoms. The summed E-state index contributed by atoms with van der Waals surface area (Å²) in [6.07, 6.45) is 0. The standard InChI is InChI=1S/C19H17ClN2OS/c20-15-8-10-16(11-9-15)22-18(23)13-21-19(17-7-4-12-24-17)14-5-2-1-3-6-14/h1-12,19,21H,13H2,(H,22,23)/p+1/t19-/m0/s1. The number of quaternary nitrogens is 1. The summed E-state index contributed by atoms with van der Waals surface area (Å²) in [5.74, 6) is -0.0326. The van der Waals surface area contributed by atoms with Gasteiger partial charge in [0.25, 0.3) is 5.91 Å². The van der Waals surface area contributed by atoms with E-state index in [0.29, 0.717) is 11.6 Å². The number of hydrogen-bond acceptors (Lipinski definition) is 2. The summed E-state index contributed by atoms with van der Waals surface area (Å²) >= 11 is 7.56. The van der Waals surface area contributed by atoms with Crippen LogP contribution >= 0.6 is 22.9 Å². The summed E-state index contributed by atoms with van der Waals surface area (Å²) in [5, 5.41) is 7.67. The van der Waals surface area contributed by atoms with E-state index in [1.165, 1.54) is 10.4 Å². The van der Waals surface area contributed by atoms with Gasteiger partial charge in [0, 0.05) is 16.3 Å². The summed E-state index contributed by atoms with van der Waals surface area (Å²) < 4.78 is 0. The van der Waals surface area contributed by atoms with Gasteiger partial charge in [-0.25, -0.2) is 0 Å². The zero-order chi connectivity index (χ0) is 16.8. The molecule has 122 valence electrons. The fourth-order valence-electron chi connectivity index (χ4n) is 2.52. The third kappa shape index (κ3) is 4.45. The molecule has 0 aliphatic carbocycles. The first-order chi connectivity index (χ1) is 11.7. The Morgan fingerprint density at radius 2 is 1.79 bits per heavy atom. The van der Waals surface area contributed by atoms with E-state index >= 15 is 0 Å². The topological polar surface area (TPSA) is 45.7 Å². The van der Waals surface area contributed by atoms with E-state index in [4.69, 9.17) is 11.6 Å². The fourth-order valence-corrected chi connectivity index (χ4v) is 3.49. The number of carbonyl (C=O) groups is 1. The number of nitrogens with one attached hydrogen (secondary N) is 1. The molecule has 3 N–H and O–H groups in total. The van der Waals surface area contributed by atoms with Gasteiger partial charge in [-0.05, 0) is 35.7 Å². The van der Waals surface area contributed by atoms with E-state index in [9.17, 15) is 4.79 Å². The van der Waals surface area contributed by atoms with Crippen molar-refractivity contribution in [2.45, 2.75) is 6.04 Å². The largest absolute Gasteiger partial charge is 0.328 e. The first-order valence-corrected chi connectivity index (χ1v) is 8.95. The number of hydrogen-bond donors (Lipinski definition) is 2. The maximum Gasteiger partial charge on any atom is 0.279 e. The zero-order valence-electron chi connectivity index (χ0n) is 13.0. The molecule has 0 spiro atoms. The Kier molecular flexibility index (Phi) is 5.64. The molecule has 0 radical (unpaired) electrons. The van der Waals surface area contributed by atoms with Crippen LogP contribution in [0.5, 0.6) is 0 Å². The van der Waals surface area contributed by atoms with Crippen LogP contribution in [0.15, 0.2) is 72.1 Å². The molecule has 1 amide bonds. The Morgan fingerprint density at radius 1 is 1.04 bits per heavy atom. The minimum Gasteiger partial charge on any atom is -0.328 e. The lowest BCUT2D eigenvalue weighted by molar-refractivity contribution is -0.675. The Morgan fingerprint density at radius 3 is 2.46 bits per heavy atom. The fraction of sp³-hybridized carbons (Fsp3) is 0.105. The van der Waals surface area contributed by atoms with Gasteiger partial charge in [0.05, 0.1) is 4.88 Å². The average Bonchev–Trinajstić information content (AvgIpc) is 3.12. The molecule has 0 saturated heterocycles. The molecular weight excluding hydrogens is 340 g/mol. The predicted octanol–water partition coefficient (Wildman–Crippen LogP) is 3.69. The summed E-state index contributed by atoms with van der Waals surface area (Å²) in [7, 11) is 0. The number of carbonyl (C=O) groups excluding carboxylic acids is 1. The summed E-state index contributed by atoms with van der Waals surface area (Å²) in [6.45, 7) is 0.347. The van der Waals surface area contributed by atoms with E-state index in [0.717, 1.165) is 5.69 Å². The normalized spacial score (nSPS) is 11.9. The molecule has 0 fully saturated rings. The van der Waals surface area contributed by atoms with Crippen LogP contribution in [0.2, 0.25) is 5.02 Å². The van der Waals surface area contributed by atoms with Crippen molar-refractivity contribution < 1.29 is 10.1 Å². The van der Waals surface area contributed by atoms with E-state index < -0.39 is 0 Å². The molecule has 3 aromatic rings. The number of amides is 1. The maximum absolute atomic E-state index is 12.2. The van der Waals surface area contributed by atoms with Crippen molar-refractivity contribution in [3.8, 4) is 0 Å². The van der Waals surface area contributed by atoms with Gasteiger partial charge >= 0.3 is 0 Å². The van der Waals surface area contributed by atoms with Gasteiger partial charge in [-0.1, -0.05) is 48.0 Å². The van der Waals surface area contributed by atoms with Gasteiger partial charge in [0.15, 0.2) is 6.54 Å². The monoisotopic (exact) mass is 357 g/mol. The van der Waals surface area contributed by atoms with Crippen LogP contribution in [0.25, 0.3) is 0 Å². The van der Waals surface area contributed by atoms with Crippen LogP contribution < -0.4 is 10.6 Å². The molecule has 2 aromatic carbocycles. The average molecular weight is 358 g/mol. The van der Waals surface area contributed by atoms with Gasteiger partial charge in [-0.2, -0.15) is 0 Å². The number of halogens is 1. The van der Waals surface area contributed by atoms with Crippen molar-refractivity contribution in [3.05, 3.63) is 87.6 Å². The maximum atomic E-state index is 12.2. The van der Waals surface area contributed by atoms with Crippen molar-refractivity contribution in [2.24, 2.45) is 0 Å². The van der Waals surface area contributed by atoms with Crippen LogP contribution in [-0.4, -0.2) is 12.5 Å². The minimum absolute atomic E-state index is 0.0326. The molecule has 0 aliphatic heterocycles. The Bertz CT molecular complexity index is 773. The van der Waals surface area contributed by atoms with Gasteiger partial charge in [-0.15, -0.1) is 11.3 Å². The van der Waals surface area contributed by atoms with Crippen molar-refractivity contribution >= 4 is 34.5 Å². The Labute approximate surface area is 150 Å². The minimum atomic E-state index is -0.0326. The number of rotatable bonds is 6. The molecule has 1 atom stereocenters. The summed E-state index contributed by atoms with van der Waals surface area (Å²) in [5.41, 5.74) is 1.95. The van der Waals surface area contributed by atoms with Crippen molar-refractivity contribution in [3.63, 3.8) is 0 Å². The molecule has 1 aromatic heterocycles. The van der Waals surface area contributed by atoms with E-state index in [1.807, 2.05) is 24.3 Å². The van der Waals surface area contributed by atoms with Gasteiger partial charge in [-0.3, -0.25) is 4.79 Å². The second-order valence-corrected chi connectivity index (χ2v) is 6.81. The van der Waals surface area contributed by atoms with Crippen LogP contribution in [-0.2, 0) is 4.79 Å². The molecule has 1 heterocycles. The van der Waals surface area contributed by atoms with E-state index in [1.54, 1.807) is 35.6 Å². The van der Waals surface area contributed by atoms with Crippen LogP contribution in [0.1, 0.15) is 16.5 Å². The molecule has 0 saturated carbocycles. The molecule has 0 bridgehead atoms. The highest BCUT2D eigenvalue weighted by Gasteiger charge is 2.19. The number of anilines is 1. The van der Waals surface area contributed by atoms with E-state index in [2.05, 4.69) is 34.2 Å². The molecule has 0 unspecified atom stereocenters. The molecule has 5 heteroatoms. The zero-order valence-corrected chi connectivity index (χ0v) is 14.6. The lowest BCUT2D eigenvalue weighted by Crippen LogP contribution is -2.87. The number of thiophene rings is 1. The third-order valence-electron chi connectivity index (χ3n) is 3.68. The lowest BCUT2D eigenvalue weighted by atomic mass is 10.1.